The average Bonchev–Trinajstić information content (AvgIpc) is 2.43. The van der Waals surface area contributed by atoms with Gasteiger partial charge in [-0.05, 0) is 54.9 Å². The van der Waals surface area contributed by atoms with Crippen molar-refractivity contribution in [1.82, 2.24) is 0 Å². The minimum absolute atomic E-state index is 0.0673. The van der Waals surface area contributed by atoms with E-state index in [-0.39, 0.29) is 5.41 Å². The molecule has 1 aromatic rings. The summed E-state index contributed by atoms with van der Waals surface area (Å²) in [5.41, 5.74) is 2.48. The van der Waals surface area contributed by atoms with Gasteiger partial charge in [-0.1, -0.05) is 63.4 Å². The quantitative estimate of drug-likeness (QED) is 0.787. The Morgan fingerprint density at radius 2 is 1.68 bits per heavy atom. The average molecular weight is 300 g/mol. The molecule has 1 nitrogen and oxygen atoms in total. The lowest BCUT2D eigenvalue weighted by Gasteiger charge is -2.61. The molecule has 0 aliphatic heterocycles. The van der Waals surface area contributed by atoms with Crippen molar-refractivity contribution in [3.8, 4) is 0 Å². The summed E-state index contributed by atoms with van der Waals surface area (Å²) in [5.74, 6) is 0.651. The molecule has 3 atom stereocenters. The van der Waals surface area contributed by atoms with Gasteiger partial charge in [-0.25, -0.2) is 0 Å². The zero-order chi connectivity index (χ0) is 16.0. The van der Waals surface area contributed by atoms with Gasteiger partial charge in [0.1, 0.15) is 0 Å². The first-order valence-electron chi connectivity index (χ1n) is 9.05. The molecule has 0 unspecified atom stereocenters. The molecule has 3 rings (SSSR count). The molecule has 0 saturated heterocycles. The molecule has 2 aliphatic carbocycles. The topological polar surface area (TPSA) is 20.2 Å². The van der Waals surface area contributed by atoms with E-state index in [1.807, 2.05) is 0 Å². The van der Waals surface area contributed by atoms with Gasteiger partial charge in [0.25, 0.3) is 0 Å². The van der Waals surface area contributed by atoms with Crippen molar-refractivity contribution in [3.63, 3.8) is 0 Å². The summed E-state index contributed by atoms with van der Waals surface area (Å²) >= 11 is 0. The number of aryl methyl sites for hydroxylation is 1. The van der Waals surface area contributed by atoms with Crippen LogP contribution in [-0.2, 0) is 6.42 Å². The van der Waals surface area contributed by atoms with Gasteiger partial charge in [0.05, 0.1) is 5.60 Å². The molecule has 22 heavy (non-hydrogen) atoms. The molecular weight excluding hydrogens is 268 g/mol. The van der Waals surface area contributed by atoms with Crippen molar-refractivity contribution in [3.05, 3.63) is 35.4 Å². The SMILES string of the molecule is Cc1ccc(C[C@]2(O)CCC[C@H]3C(C)(C)CCC[C@@]32C)cc1. The summed E-state index contributed by atoms with van der Waals surface area (Å²) < 4.78 is 0. The number of hydrogen-bond acceptors (Lipinski definition) is 1. The third-order valence-corrected chi connectivity index (χ3v) is 6.99. The van der Waals surface area contributed by atoms with E-state index in [1.165, 1.54) is 43.2 Å². The molecule has 2 aliphatic rings. The fourth-order valence-corrected chi connectivity index (χ4v) is 5.61. The standard InChI is InChI=1S/C21H32O/c1-16-8-10-17(11-9-16)15-21(22)14-5-7-18-19(2,3)12-6-13-20(18,21)4/h8-11,18,22H,5-7,12-15H2,1-4H3/t18-,20-,21+/m0/s1. The van der Waals surface area contributed by atoms with Crippen LogP contribution in [0.3, 0.4) is 0 Å². The summed E-state index contributed by atoms with van der Waals surface area (Å²) in [4.78, 5) is 0. The highest BCUT2D eigenvalue weighted by Gasteiger charge is 2.58. The van der Waals surface area contributed by atoms with E-state index in [0.717, 1.165) is 12.8 Å². The maximum atomic E-state index is 11.7. The van der Waals surface area contributed by atoms with E-state index in [2.05, 4.69) is 52.0 Å². The molecule has 0 amide bonds. The normalized spacial score (nSPS) is 37.6. The van der Waals surface area contributed by atoms with Crippen LogP contribution in [-0.4, -0.2) is 10.7 Å². The van der Waals surface area contributed by atoms with Crippen LogP contribution < -0.4 is 0 Å². The number of fused-ring (bicyclic) bond motifs is 1. The fourth-order valence-electron chi connectivity index (χ4n) is 5.61. The van der Waals surface area contributed by atoms with Crippen LogP contribution in [0.1, 0.15) is 70.4 Å². The Hall–Kier alpha value is -0.820. The van der Waals surface area contributed by atoms with Crippen molar-refractivity contribution in [1.29, 1.82) is 0 Å². The Morgan fingerprint density at radius 1 is 1.00 bits per heavy atom. The molecule has 0 spiro atoms. The van der Waals surface area contributed by atoms with Crippen LogP contribution in [0, 0.1) is 23.7 Å². The van der Waals surface area contributed by atoms with Crippen LogP contribution >= 0.6 is 0 Å². The van der Waals surface area contributed by atoms with Crippen molar-refractivity contribution in [2.24, 2.45) is 16.7 Å². The number of hydrogen-bond donors (Lipinski definition) is 1. The van der Waals surface area contributed by atoms with Crippen molar-refractivity contribution < 1.29 is 5.11 Å². The van der Waals surface area contributed by atoms with Crippen LogP contribution in [0.15, 0.2) is 24.3 Å². The smallest absolute Gasteiger partial charge is 0.0744 e. The second-order valence-electron chi connectivity index (χ2n) is 8.90. The van der Waals surface area contributed by atoms with Crippen LogP contribution in [0.2, 0.25) is 0 Å². The zero-order valence-electron chi connectivity index (χ0n) is 14.8. The lowest BCUT2D eigenvalue weighted by Crippen LogP contribution is -2.59. The van der Waals surface area contributed by atoms with Gasteiger partial charge in [0, 0.05) is 6.42 Å². The Bertz CT molecular complexity index is 529. The lowest BCUT2D eigenvalue weighted by atomic mass is 9.46. The third kappa shape index (κ3) is 2.52. The molecule has 1 N–H and O–H groups in total. The molecule has 1 heteroatoms. The monoisotopic (exact) mass is 300 g/mol. The highest BCUT2D eigenvalue weighted by atomic mass is 16.3. The Morgan fingerprint density at radius 3 is 2.36 bits per heavy atom. The maximum Gasteiger partial charge on any atom is 0.0744 e. The molecule has 1 aromatic carbocycles. The van der Waals surface area contributed by atoms with Gasteiger partial charge in [-0.3, -0.25) is 0 Å². The molecule has 2 fully saturated rings. The van der Waals surface area contributed by atoms with Gasteiger partial charge < -0.3 is 5.11 Å². The van der Waals surface area contributed by atoms with Gasteiger partial charge in [0.2, 0.25) is 0 Å². The van der Waals surface area contributed by atoms with E-state index in [1.54, 1.807) is 0 Å². The summed E-state index contributed by atoms with van der Waals surface area (Å²) in [6, 6.07) is 8.75. The van der Waals surface area contributed by atoms with Crippen molar-refractivity contribution in [2.75, 3.05) is 0 Å². The Kier molecular flexibility index (Phi) is 3.92. The molecule has 0 heterocycles. The van der Waals surface area contributed by atoms with E-state index in [4.69, 9.17) is 0 Å². The molecular formula is C21H32O. The molecule has 0 aromatic heterocycles. The van der Waals surface area contributed by atoms with Gasteiger partial charge in [-0.15, -0.1) is 0 Å². The van der Waals surface area contributed by atoms with Crippen LogP contribution in [0.5, 0.6) is 0 Å². The van der Waals surface area contributed by atoms with Crippen molar-refractivity contribution in [2.45, 2.75) is 78.2 Å². The Balaban J connectivity index is 1.92. The maximum absolute atomic E-state index is 11.7. The first-order valence-corrected chi connectivity index (χ1v) is 9.05. The van der Waals surface area contributed by atoms with Crippen molar-refractivity contribution >= 4 is 0 Å². The predicted octanol–water partition coefficient (Wildman–Crippen LogP) is 5.29. The van der Waals surface area contributed by atoms with Gasteiger partial charge >= 0.3 is 0 Å². The van der Waals surface area contributed by atoms with E-state index < -0.39 is 5.60 Å². The Labute approximate surface area is 136 Å². The number of benzene rings is 1. The van der Waals surface area contributed by atoms with Gasteiger partial charge in [0.15, 0.2) is 0 Å². The molecule has 0 bridgehead atoms. The third-order valence-electron chi connectivity index (χ3n) is 6.99. The largest absolute Gasteiger partial charge is 0.389 e. The second kappa shape index (κ2) is 5.37. The highest BCUT2D eigenvalue weighted by Crippen LogP contribution is 2.61. The molecule has 0 radical (unpaired) electrons. The summed E-state index contributed by atoms with van der Waals surface area (Å²) in [6.45, 7) is 9.35. The van der Waals surface area contributed by atoms with Gasteiger partial charge in [-0.2, -0.15) is 0 Å². The van der Waals surface area contributed by atoms with Crippen LogP contribution in [0.4, 0.5) is 0 Å². The fraction of sp³-hybridized carbons (Fsp3) is 0.714. The van der Waals surface area contributed by atoms with Crippen LogP contribution in [0.25, 0.3) is 0 Å². The van der Waals surface area contributed by atoms with E-state index >= 15 is 0 Å². The first-order chi connectivity index (χ1) is 10.3. The second-order valence-corrected chi connectivity index (χ2v) is 8.90. The predicted molar refractivity (Wildman–Crippen MR) is 92.9 cm³/mol. The minimum Gasteiger partial charge on any atom is -0.389 e. The lowest BCUT2D eigenvalue weighted by molar-refractivity contribution is -0.182. The molecule has 122 valence electrons. The number of aliphatic hydroxyl groups is 1. The summed E-state index contributed by atoms with van der Waals surface area (Å²) in [5, 5.41) is 11.7. The summed E-state index contributed by atoms with van der Waals surface area (Å²) in [6.07, 6.45) is 8.00. The zero-order valence-corrected chi connectivity index (χ0v) is 14.8. The summed E-state index contributed by atoms with van der Waals surface area (Å²) in [7, 11) is 0. The minimum atomic E-state index is -0.539. The highest BCUT2D eigenvalue weighted by molar-refractivity contribution is 5.24. The van der Waals surface area contributed by atoms with E-state index in [9.17, 15) is 5.11 Å². The van der Waals surface area contributed by atoms with E-state index in [0.29, 0.717) is 11.3 Å². The first kappa shape index (κ1) is 16.1. The number of rotatable bonds is 2. The molecule has 2 saturated carbocycles.